The van der Waals surface area contributed by atoms with Gasteiger partial charge in [-0.1, -0.05) is 29.8 Å². The number of anilines is 1. The highest BCUT2D eigenvalue weighted by molar-refractivity contribution is 6.30. The summed E-state index contributed by atoms with van der Waals surface area (Å²) in [6.07, 6.45) is 0. The highest BCUT2D eigenvalue weighted by atomic mass is 35.5. The van der Waals surface area contributed by atoms with Gasteiger partial charge in [0.15, 0.2) is 0 Å². The summed E-state index contributed by atoms with van der Waals surface area (Å²) in [6.45, 7) is 0. The van der Waals surface area contributed by atoms with E-state index in [9.17, 15) is 0 Å². The predicted octanol–water partition coefficient (Wildman–Crippen LogP) is 3.11. The number of halogens is 1. The maximum Gasteiger partial charge on any atom is 0.222 e. The van der Waals surface area contributed by atoms with Crippen molar-refractivity contribution in [1.82, 2.24) is 4.98 Å². The van der Waals surface area contributed by atoms with Crippen molar-refractivity contribution in [3.8, 4) is 11.6 Å². The third kappa shape index (κ3) is 2.60. The zero-order valence-electron chi connectivity index (χ0n) is 7.85. The van der Waals surface area contributed by atoms with E-state index in [1.807, 2.05) is 30.3 Å². The van der Waals surface area contributed by atoms with E-state index in [1.165, 1.54) is 0 Å². The molecule has 0 atom stereocenters. The van der Waals surface area contributed by atoms with Gasteiger partial charge in [0.05, 0.1) is 0 Å². The van der Waals surface area contributed by atoms with E-state index in [2.05, 4.69) is 4.98 Å². The van der Waals surface area contributed by atoms with Crippen LogP contribution in [0.3, 0.4) is 0 Å². The van der Waals surface area contributed by atoms with Crippen LogP contribution in [-0.4, -0.2) is 4.98 Å². The van der Waals surface area contributed by atoms with Gasteiger partial charge in [0.25, 0.3) is 0 Å². The lowest BCUT2D eigenvalue weighted by atomic mass is 10.3. The first kappa shape index (κ1) is 9.80. The molecule has 0 fully saturated rings. The van der Waals surface area contributed by atoms with E-state index in [-0.39, 0.29) is 0 Å². The van der Waals surface area contributed by atoms with E-state index in [1.54, 1.807) is 12.1 Å². The molecule has 15 heavy (non-hydrogen) atoms. The molecule has 0 radical (unpaired) electrons. The number of benzene rings is 1. The Morgan fingerprint density at radius 2 is 1.87 bits per heavy atom. The summed E-state index contributed by atoms with van der Waals surface area (Å²) in [5, 5.41) is 0.508. The van der Waals surface area contributed by atoms with E-state index < -0.39 is 0 Å². The monoisotopic (exact) mass is 220 g/mol. The van der Waals surface area contributed by atoms with Gasteiger partial charge in [-0.05, 0) is 18.2 Å². The number of rotatable bonds is 2. The van der Waals surface area contributed by atoms with Crippen molar-refractivity contribution < 1.29 is 4.74 Å². The van der Waals surface area contributed by atoms with Crippen LogP contribution in [0, 0.1) is 0 Å². The molecule has 0 aliphatic carbocycles. The van der Waals surface area contributed by atoms with Gasteiger partial charge in [-0.2, -0.15) is 4.98 Å². The first-order valence-electron chi connectivity index (χ1n) is 4.40. The molecule has 1 aromatic heterocycles. The van der Waals surface area contributed by atoms with Gasteiger partial charge in [0.1, 0.15) is 11.6 Å². The van der Waals surface area contributed by atoms with Gasteiger partial charge in [0, 0.05) is 11.1 Å². The van der Waals surface area contributed by atoms with E-state index in [0.717, 1.165) is 0 Å². The first-order valence-corrected chi connectivity index (χ1v) is 4.78. The largest absolute Gasteiger partial charge is 0.439 e. The van der Waals surface area contributed by atoms with Crippen molar-refractivity contribution in [3.63, 3.8) is 0 Å². The van der Waals surface area contributed by atoms with Crippen LogP contribution in [0.25, 0.3) is 0 Å². The van der Waals surface area contributed by atoms with Crippen LogP contribution in [-0.2, 0) is 0 Å². The van der Waals surface area contributed by atoms with Crippen molar-refractivity contribution >= 4 is 17.4 Å². The smallest absolute Gasteiger partial charge is 0.222 e. The van der Waals surface area contributed by atoms with Gasteiger partial charge in [-0.3, -0.25) is 0 Å². The second-order valence-corrected chi connectivity index (χ2v) is 3.40. The summed E-state index contributed by atoms with van der Waals surface area (Å²) < 4.78 is 5.46. The zero-order chi connectivity index (χ0) is 10.7. The van der Waals surface area contributed by atoms with Gasteiger partial charge in [-0.25, -0.2) is 0 Å². The molecule has 4 heteroatoms. The number of hydrogen-bond donors (Lipinski definition) is 1. The number of para-hydroxylation sites is 1. The number of pyridine rings is 1. The van der Waals surface area contributed by atoms with E-state index in [4.69, 9.17) is 22.1 Å². The summed E-state index contributed by atoms with van der Waals surface area (Å²) >= 11 is 5.82. The standard InChI is InChI=1S/C11H9ClN2O/c12-8-6-10(13)14-11(7-8)15-9-4-2-1-3-5-9/h1-7H,(H2,13,14). The van der Waals surface area contributed by atoms with Gasteiger partial charge in [-0.15, -0.1) is 0 Å². The third-order valence-corrected chi connectivity index (χ3v) is 1.97. The predicted molar refractivity (Wildman–Crippen MR) is 60.2 cm³/mol. The summed E-state index contributed by atoms with van der Waals surface area (Å²) in [5.41, 5.74) is 5.54. The molecule has 76 valence electrons. The molecule has 0 bridgehead atoms. The Hall–Kier alpha value is -1.74. The minimum atomic E-state index is 0.341. The first-order chi connectivity index (χ1) is 7.24. The molecule has 0 unspecified atom stereocenters. The lowest BCUT2D eigenvalue weighted by Gasteiger charge is -2.05. The van der Waals surface area contributed by atoms with Crippen LogP contribution < -0.4 is 10.5 Å². The highest BCUT2D eigenvalue weighted by Crippen LogP contribution is 2.23. The zero-order valence-corrected chi connectivity index (χ0v) is 8.61. The van der Waals surface area contributed by atoms with Crippen molar-refractivity contribution in [3.05, 3.63) is 47.5 Å². The van der Waals surface area contributed by atoms with Gasteiger partial charge >= 0.3 is 0 Å². The van der Waals surface area contributed by atoms with Crippen molar-refractivity contribution in [1.29, 1.82) is 0 Å². The molecule has 0 saturated heterocycles. The molecule has 0 amide bonds. The molecular formula is C11H9ClN2O. The summed E-state index contributed by atoms with van der Waals surface area (Å²) in [4.78, 5) is 4.00. The fourth-order valence-electron chi connectivity index (χ4n) is 1.15. The van der Waals surface area contributed by atoms with Crippen LogP contribution in [0.5, 0.6) is 11.6 Å². The minimum absolute atomic E-state index is 0.341. The van der Waals surface area contributed by atoms with Gasteiger partial charge < -0.3 is 10.5 Å². The molecule has 0 aliphatic heterocycles. The molecule has 2 rings (SSSR count). The van der Waals surface area contributed by atoms with Crippen molar-refractivity contribution in [2.24, 2.45) is 0 Å². The number of aromatic nitrogens is 1. The van der Waals surface area contributed by atoms with Crippen molar-refractivity contribution in [2.75, 3.05) is 5.73 Å². The number of nitrogens with zero attached hydrogens (tertiary/aromatic N) is 1. The topological polar surface area (TPSA) is 48.1 Å². The van der Waals surface area contributed by atoms with Crippen LogP contribution in [0.15, 0.2) is 42.5 Å². The Labute approximate surface area is 92.5 Å². The molecule has 1 heterocycles. The molecule has 0 saturated carbocycles. The highest BCUT2D eigenvalue weighted by Gasteiger charge is 2.01. The molecule has 0 spiro atoms. The molecule has 2 N–H and O–H groups in total. The normalized spacial score (nSPS) is 9.93. The number of hydrogen-bond acceptors (Lipinski definition) is 3. The maximum atomic E-state index is 5.82. The average Bonchev–Trinajstić information content (AvgIpc) is 2.17. The number of nitrogens with two attached hydrogens (primary N) is 1. The van der Waals surface area contributed by atoms with Crippen LogP contribution in [0.1, 0.15) is 0 Å². The van der Waals surface area contributed by atoms with E-state index >= 15 is 0 Å². The fraction of sp³-hybridized carbons (Fsp3) is 0. The lowest BCUT2D eigenvalue weighted by Crippen LogP contribution is -1.93. The Kier molecular flexibility index (Phi) is 2.74. The number of nitrogen functional groups attached to an aromatic ring is 1. The Morgan fingerprint density at radius 3 is 2.53 bits per heavy atom. The fourth-order valence-corrected chi connectivity index (χ4v) is 1.36. The molecule has 3 nitrogen and oxygen atoms in total. The quantitative estimate of drug-likeness (QED) is 0.846. The summed E-state index contributed by atoms with van der Waals surface area (Å²) in [6, 6.07) is 12.5. The second kappa shape index (κ2) is 4.19. The van der Waals surface area contributed by atoms with Gasteiger partial charge in [0.2, 0.25) is 5.88 Å². The maximum absolute atomic E-state index is 5.82. The Morgan fingerprint density at radius 1 is 1.13 bits per heavy atom. The number of ether oxygens (including phenoxy) is 1. The SMILES string of the molecule is Nc1cc(Cl)cc(Oc2ccccc2)n1. The summed E-state index contributed by atoms with van der Waals surface area (Å²) in [5.74, 6) is 1.44. The Bertz CT molecular complexity index is 439. The Balaban J connectivity index is 2.25. The third-order valence-electron chi connectivity index (χ3n) is 1.75. The second-order valence-electron chi connectivity index (χ2n) is 2.96. The minimum Gasteiger partial charge on any atom is -0.439 e. The average molecular weight is 221 g/mol. The van der Waals surface area contributed by atoms with Crippen molar-refractivity contribution in [2.45, 2.75) is 0 Å². The summed E-state index contributed by atoms with van der Waals surface area (Å²) in [7, 11) is 0. The van der Waals surface area contributed by atoms with E-state index in [0.29, 0.717) is 22.5 Å². The van der Waals surface area contributed by atoms with Crippen LogP contribution in [0.4, 0.5) is 5.82 Å². The van der Waals surface area contributed by atoms with Crippen LogP contribution in [0.2, 0.25) is 5.02 Å². The molecular weight excluding hydrogens is 212 g/mol. The molecule has 2 aromatic rings. The molecule has 1 aromatic carbocycles. The van der Waals surface area contributed by atoms with Crippen LogP contribution >= 0.6 is 11.6 Å². The lowest BCUT2D eigenvalue weighted by molar-refractivity contribution is 0.464. The molecule has 0 aliphatic rings.